The zero-order chi connectivity index (χ0) is 14.7. The summed E-state index contributed by atoms with van der Waals surface area (Å²) in [5.74, 6) is -0.410. The van der Waals surface area contributed by atoms with Gasteiger partial charge in [0, 0.05) is 18.7 Å². The Kier molecular flexibility index (Phi) is 4.44. The molecule has 2 rings (SSSR count). The standard InChI is InChI=1S/C14H20N2O4/c1-10-7-11(20-13(10)14(18)19)8-15(2)9-12(17)16-5-3-4-6-16/h7H,3-6,8-9H2,1-2H3,(H,18,19). The molecular formula is C14H20N2O4. The third-order valence-corrected chi connectivity index (χ3v) is 3.45. The molecule has 6 heteroatoms. The maximum absolute atomic E-state index is 12.0. The average molecular weight is 280 g/mol. The van der Waals surface area contributed by atoms with Gasteiger partial charge in [0.05, 0.1) is 13.1 Å². The highest BCUT2D eigenvalue weighted by Crippen LogP contribution is 2.16. The summed E-state index contributed by atoms with van der Waals surface area (Å²) >= 11 is 0. The Balaban J connectivity index is 1.90. The van der Waals surface area contributed by atoms with Crippen molar-refractivity contribution in [1.82, 2.24) is 9.80 Å². The fourth-order valence-corrected chi connectivity index (χ4v) is 2.46. The number of hydrogen-bond donors (Lipinski definition) is 1. The lowest BCUT2D eigenvalue weighted by atomic mass is 10.2. The second-order valence-corrected chi connectivity index (χ2v) is 5.29. The molecule has 110 valence electrons. The molecule has 1 N–H and O–H groups in total. The van der Waals surface area contributed by atoms with Gasteiger partial charge in [-0.3, -0.25) is 9.69 Å². The number of carboxylic acids is 1. The average Bonchev–Trinajstić information content (AvgIpc) is 2.98. The topological polar surface area (TPSA) is 74.0 Å². The van der Waals surface area contributed by atoms with Crippen LogP contribution in [0.3, 0.4) is 0 Å². The van der Waals surface area contributed by atoms with Gasteiger partial charge in [-0.25, -0.2) is 4.79 Å². The lowest BCUT2D eigenvalue weighted by molar-refractivity contribution is -0.131. The number of carbonyl (C=O) groups excluding carboxylic acids is 1. The zero-order valence-electron chi connectivity index (χ0n) is 11.9. The first-order valence-electron chi connectivity index (χ1n) is 6.76. The number of carbonyl (C=O) groups is 2. The van der Waals surface area contributed by atoms with Crippen molar-refractivity contribution in [1.29, 1.82) is 0 Å². The molecule has 0 unspecified atom stereocenters. The quantitative estimate of drug-likeness (QED) is 0.881. The van der Waals surface area contributed by atoms with Crippen LogP contribution in [0.2, 0.25) is 0 Å². The number of likely N-dealkylation sites (tertiary alicyclic amines) is 1. The van der Waals surface area contributed by atoms with Gasteiger partial charge >= 0.3 is 5.97 Å². The van der Waals surface area contributed by atoms with E-state index in [1.165, 1.54) is 0 Å². The highest BCUT2D eigenvalue weighted by molar-refractivity contribution is 5.86. The van der Waals surface area contributed by atoms with Crippen LogP contribution in [-0.4, -0.2) is 53.5 Å². The first-order valence-corrected chi connectivity index (χ1v) is 6.76. The third kappa shape index (κ3) is 3.39. The van der Waals surface area contributed by atoms with Gasteiger partial charge in [0.2, 0.25) is 11.7 Å². The van der Waals surface area contributed by atoms with Crippen LogP contribution >= 0.6 is 0 Å². The SMILES string of the molecule is Cc1cc(CN(C)CC(=O)N2CCCC2)oc1C(=O)O. The Bertz CT molecular complexity index is 503. The van der Waals surface area contributed by atoms with Crippen molar-refractivity contribution in [3.05, 3.63) is 23.2 Å². The highest BCUT2D eigenvalue weighted by atomic mass is 16.4. The number of aryl methyl sites for hydroxylation is 1. The molecule has 0 aromatic carbocycles. The summed E-state index contributed by atoms with van der Waals surface area (Å²) in [6.45, 7) is 4.13. The normalized spacial score (nSPS) is 15.1. The summed E-state index contributed by atoms with van der Waals surface area (Å²) < 4.78 is 5.29. The summed E-state index contributed by atoms with van der Waals surface area (Å²) in [7, 11) is 1.83. The van der Waals surface area contributed by atoms with E-state index in [0.717, 1.165) is 25.9 Å². The van der Waals surface area contributed by atoms with E-state index in [1.54, 1.807) is 13.0 Å². The number of rotatable bonds is 5. The summed E-state index contributed by atoms with van der Waals surface area (Å²) in [5.41, 5.74) is 0.603. The molecule has 0 aliphatic carbocycles. The highest BCUT2D eigenvalue weighted by Gasteiger charge is 2.20. The van der Waals surface area contributed by atoms with Gasteiger partial charge in [-0.2, -0.15) is 0 Å². The van der Waals surface area contributed by atoms with E-state index in [1.807, 2.05) is 16.8 Å². The Hall–Kier alpha value is -1.82. The Morgan fingerprint density at radius 2 is 2.05 bits per heavy atom. The van der Waals surface area contributed by atoms with Crippen LogP contribution in [0.5, 0.6) is 0 Å². The maximum atomic E-state index is 12.0. The van der Waals surface area contributed by atoms with Crippen LogP contribution < -0.4 is 0 Å². The predicted octanol–water partition coefficient (Wildman–Crippen LogP) is 1.34. The minimum absolute atomic E-state index is 0.0285. The van der Waals surface area contributed by atoms with Crippen molar-refractivity contribution in [3.8, 4) is 0 Å². The molecule has 1 fully saturated rings. The van der Waals surface area contributed by atoms with Crippen molar-refractivity contribution >= 4 is 11.9 Å². The Labute approximate surface area is 118 Å². The largest absolute Gasteiger partial charge is 0.475 e. The lowest BCUT2D eigenvalue weighted by Gasteiger charge is -2.20. The summed E-state index contributed by atoms with van der Waals surface area (Å²) in [6, 6.07) is 1.71. The molecule has 1 saturated heterocycles. The smallest absolute Gasteiger partial charge is 0.372 e. The van der Waals surface area contributed by atoms with E-state index in [-0.39, 0.29) is 11.7 Å². The van der Waals surface area contributed by atoms with Crippen LogP contribution in [-0.2, 0) is 11.3 Å². The van der Waals surface area contributed by atoms with Crippen LogP contribution in [0, 0.1) is 6.92 Å². The van der Waals surface area contributed by atoms with Gasteiger partial charge in [0.25, 0.3) is 0 Å². The number of furan rings is 1. The molecule has 0 atom stereocenters. The molecule has 1 amide bonds. The van der Waals surface area contributed by atoms with Gasteiger partial charge in [-0.05, 0) is 32.9 Å². The first kappa shape index (κ1) is 14.6. The maximum Gasteiger partial charge on any atom is 0.372 e. The molecule has 1 aliphatic rings. The predicted molar refractivity (Wildman–Crippen MR) is 72.6 cm³/mol. The fraction of sp³-hybridized carbons (Fsp3) is 0.571. The summed E-state index contributed by atoms with van der Waals surface area (Å²) in [6.07, 6.45) is 2.16. The number of amides is 1. The summed E-state index contributed by atoms with van der Waals surface area (Å²) in [4.78, 5) is 26.6. The van der Waals surface area contributed by atoms with E-state index < -0.39 is 5.97 Å². The number of nitrogens with zero attached hydrogens (tertiary/aromatic N) is 2. The second-order valence-electron chi connectivity index (χ2n) is 5.29. The molecule has 1 aromatic heterocycles. The minimum Gasteiger partial charge on any atom is -0.475 e. The van der Waals surface area contributed by atoms with Gasteiger partial charge < -0.3 is 14.4 Å². The van der Waals surface area contributed by atoms with Crippen LogP contribution in [0.1, 0.15) is 34.7 Å². The zero-order valence-corrected chi connectivity index (χ0v) is 11.9. The number of carboxylic acid groups (broad SMARTS) is 1. The van der Waals surface area contributed by atoms with E-state index >= 15 is 0 Å². The van der Waals surface area contributed by atoms with Gasteiger partial charge in [-0.1, -0.05) is 0 Å². The molecule has 1 aromatic rings. The fourth-order valence-electron chi connectivity index (χ4n) is 2.46. The Morgan fingerprint density at radius 3 is 2.60 bits per heavy atom. The molecule has 6 nitrogen and oxygen atoms in total. The molecular weight excluding hydrogens is 260 g/mol. The number of aromatic carboxylic acids is 1. The molecule has 0 spiro atoms. The molecule has 0 bridgehead atoms. The van der Waals surface area contributed by atoms with E-state index in [2.05, 4.69) is 0 Å². The monoisotopic (exact) mass is 280 g/mol. The van der Waals surface area contributed by atoms with E-state index in [4.69, 9.17) is 9.52 Å². The third-order valence-electron chi connectivity index (χ3n) is 3.45. The first-order chi connectivity index (χ1) is 9.47. The van der Waals surface area contributed by atoms with Crippen molar-refractivity contribution < 1.29 is 19.1 Å². The Morgan fingerprint density at radius 1 is 1.40 bits per heavy atom. The molecule has 20 heavy (non-hydrogen) atoms. The number of likely N-dealkylation sites (N-methyl/N-ethyl adjacent to an activating group) is 1. The van der Waals surface area contributed by atoms with Crippen LogP contribution in [0.25, 0.3) is 0 Å². The molecule has 0 saturated carbocycles. The van der Waals surface area contributed by atoms with Gasteiger partial charge in [0.15, 0.2) is 0 Å². The van der Waals surface area contributed by atoms with Crippen molar-refractivity contribution in [3.63, 3.8) is 0 Å². The summed E-state index contributed by atoms with van der Waals surface area (Å²) in [5, 5.41) is 8.93. The molecule has 1 aliphatic heterocycles. The van der Waals surface area contributed by atoms with Gasteiger partial charge in [-0.15, -0.1) is 0 Å². The van der Waals surface area contributed by atoms with Crippen molar-refractivity contribution in [2.45, 2.75) is 26.3 Å². The minimum atomic E-state index is -1.07. The molecule has 0 radical (unpaired) electrons. The van der Waals surface area contributed by atoms with Crippen LogP contribution in [0.4, 0.5) is 0 Å². The van der Waals surface area contributed by atoms with E-state index in [9.17, 15) is 9.59 Å². The second kappa shape index (κ2) is 6.09. The van der Waals surface area contributed by atoms with Crippen LogP contribution in [0.15, 0.2) is 10.5 Å². The van der Waals surface area contributed by atoms with Crippen molar-refractivity contribution in [2.24, 2.45) is 0 Å². The van der Waals surface area contributed by atoms with Crippen molar-refractivity contribution in [2.75, 3.05) is 26.7 Å². The molecule has 2 heterocycles. The van der Waals surface area contributed by atoms with E-state index in [0.29, 0.717) is 24.4 Å². The van der Waals surface area contributed by atoms with Gasteiger partial charge in [0.1, 0.15) is 5.76 Å². The number of hydrogen-bond acceptors (Lipinski definition) is 4. The lowest BCUT2D eigenvalue weighted by Crippen LogP contribution is -2.36.